The van der Waals surface area contributed by atoms with Gasteiger partial charge in [0.1, 0.15) is 5.69 Å². The first-order valence-corrected chi connectivity index (χ1v) is 8.80. The molecule has 30 heavy (non-hydrogen) atoms. The fourth-order valence-corrected chi connectivity index (χ4v) is 3.19. The standard InChI is InChI=1S/C19H10ClF3N6O/c1-9-5-10(8-24)6-11-15(9)26-16(27-18(11)30)13-7-14(19(21,22)23)28-29(13)17-12(20)3-2-4-25-17/h2-7H,1H3,(H,26,27,30). The molecule has 4 rings (SSSR count). The molecule has 150 valence electrons. The summed E-state index contributed by atoms with van der Waals surface area (Å²) in [7, 11) is 0. The molecule has 7 nitrogen and oxygen atoms in total. The first kappa shape index (κ1) is 19.6. The Morgan fingerprint density at radius 1 is 1.27 bits per heavy atom. The fraction of sp³-hybridized carbons (Fsp3) is 0.105. The lowest BCUT2D eigenvalue weighted by Crippen LogP contribution is -2.13. The van der Waals surface area contributed by atoms with E-state index in [-0.39, 0.29) is 38.8 Å². The van der Waals surface area contributed by atoms with E-state index in [2.05, 4.69) is 20.1 Å². The van der Waals surface area contributed by atoms with Crippen molar-refractivity contribution in [2.75, 3.05) is 0 Å². The average molecular weight is 431 g/mol. The highest BCUT2D eigenvalue weighted by molar-refractivity contribution is 6.32. The molecule has 4 aromatic rings. The third kappa shape index (κ3) is 3.29. The van der Waals surface area contributed by atoms with Gasteiger partial charge >= 0.3 is 6.18 Å². The van der Waals surface area contributed by atoms with Crippen molar-refractivity contribution in [1.82, 2.24) is 24.7 Å². The molecule has 0 saturated carbocycles. The van der Waals surface area contributed by atoms with Gasteiger partial charge in [-0.1, -0.05) is 11.6 Å². The second-order valence-electron chi connectivity index (χ2n) is 6.35. The summed E-state index contributed by atoms with van der Waals surface area (Å²) in [6.07, 6.45) is -3.39. The first-order valence-electron chi connectivity index (χ1n) is 8.42. The van der Waals surface area contributed by atoms with E-state index in [1.807, 2.05) is 6.07 Å². The van der Waals surface area contributed by atoms with Crippen LogP contribution in [0.25, 0.3) is 28.2 Å². The number of nitriles is 1. The van der Waals surface area contributed by atoms with Crippen molar-refractivity contribution in [1.29, 1.82) is 5.26 Å². The normalized spacial score (nSPS) is 11.6. The summed E-state index contributed by atoms with van der Waals surface area (Å²) in [5.74, 6) is -0.200. The van der Waals surface area contributed by atoms with Gasteiger partial charge in [-0.3, -0.25) is 4.79 Å². The number of hydrogen-bond donors (Lipinski definition) is 1. The van der Waals surface area contributed by atoms with Gasteiger partial charge in [-0.05, 0) is 36.8 Å². The number of benzene rings is 1. The minimum atomic E-state index is -4.74. The van der Waals surface area contributed by atoms with Crippen LogP contribution in [0, 0.1) is 18.3 Å². The van der Waals surface area contributed by atoms with Crippen LogP contribution in [0.15, 0.2) is 41.3 Å². The monoisotopic (exact) mass is 430 g/mol. The fourth-order valence-electron chi connectivity index (χ4n) is 2.98. The maximum absolute atomic E-state index is 13.3. The van der Waals surface area contributed by atoms with E-state index in [4.69, 9.17) is 16.9 Å². The third-order valence-corrected chi connectivity index (χ3v) is 4.61. The van der Waals surface area contributed by atoms with Crippen LogP contribution in [0.3, 0.4) is 0 Å². The van der Waals surface area contributed by atoms with Crippen molar-refractivity contribution in [2.45, 2.75) is 13.1 Å². The lowest BCUT2D eigenvalue weighted by atomic mass is 10.1. The van der Waals surface area contributed by atoms with Gasteiger partial charge in [0.15, 0.2) is 17.3 Å². The van der Waals surface area contributed by atoms with Gasteiger partial charge in [-0.25, -0.2) is 14.6 Å². The van der Waals surface area contributed by atoms with E-state index in [0.29, 0.717) is 5.56 Å². The molecule has 1 aromatic carbocycles. The topological polar surface area (TPSA) is 100 Å². The zero-order chi connectivity index (χ0) is 21.6. The second-order valence-corrected chi connectivity index (χ2v) is 6.76. The predicted molar refractivity (Wildman–Crippen MR) is 102 cm³/mol. The van der Waals surface area contributed by atoms with Crippen molar-refractivity contribution >= 4 is 22.5 Å². The van der Waals surface area contributed by atoms with Crippen LogP contribution in [-0.2, 0) is 6.18 Å². The number of aromatic nitrogens is 5. The number of pyridine rings is 1. The van der Waals surface area contributed by atoms with Gasteiger partial charge in [-0.15, -0.1) is 0 Å². The van der Waals surface area contributed by atoms with Crippen LogP contribution in [0.4, 0.5) is 13.2 Å². The highest BCUT2D eigenvalue weighted by Crippen LogP contribution is 2.33. The molecular weight excluding hydrogens is 421 g/mol. The number of rotatable bonds is 2. The van der Waals surface area contributed by atoms with Gasteiger partial charge < -0.3 is 4.98 Å². The van der Waals surface area contributed by atoms with Crippen LogP contribution in [0.1, 0.15) is 16.8 Å². The Morgan fingerprint density at radius 3 is 2.70 bits per heavy atom. The summed E-state index contributed by atoms with van der Waals surface area (Å²) in [6.45, 7) is 1.65. The molecule has 0 atom stereocenters. The largest absolute Gasteiger partial charge is 0.435 e. The zero-order valence-electron chi connectivity index (χ0n) is 15.1. The molecule has 0 radical (unpaired) electrons. The molecule has 0 aliphatic heterocycles. The summed E-state index contributed by atoms with van der Waals surface area (Å²) < 4.78 is 40.9. The molecular formula is C19H10ClF3N6O. The molecule has 0 fully saturated rings. The molecule has 0 bridgehead atoms. The van der Waals surface area contributed by atoms with Gasteiger partial charge in [-0.2, -0.15) is 23.5 Å². The van der Waals surface area contributed by atoms with Crippen LogP contribution in [-0.4, -0.2) is 24.7 Å². The molecule has 0 saturated heterocycles. The van der Waals surface area contributed by atoms with E-state index in [1.165, 1.54) is 30.5 Å². The van der Waals surface area contributed by atoms with E-state index in [0.717, 1.165) is 10.7 Å². The van der Waals surface area contributed by atoms with E-state index >= 15 is 0 Å². The first-order chi connectivity index (χ1) is 14.2. The molecule has 0 unspecified atom stereocenters. The minimum absolute atomic E-state index is 0.0519. The molecule has 0 aliphatic carbocycles. The quantitative estimate of drug-likeness (QED) is 0.517. The maximum atomic E-state index is 13.3. The molecule has 1 N–H and O–H groups in total. The molecule has 3 aromatic heterocycles. The van der Waals surface area contributed by atoms with Crippen molar-refractivity contribution in [3.8, 4) is 23.4 Å². The number of hydrogen-bond acceptors (Lipinski definition) is 5. The number of halogens is 4. The highest BCUT2D eigenvalue weighted by atomic mass is 35.5. The van der Waals surface area contributed by atoms with Gasteiger partial charge in [0.25, 0.3) is 5.56 Å². The zero-order valence-corrected chi connectivity index (χ0v) is 15.9. The molecule has 0 amide bonds. The van der Waals surface area contributed by atoms with Crippen molar-refractivity contribution < 1.29 is 13.2 Å². The van der Waals surface area contributed by atoms with Crippen LogP contribution in [0.2, 0.25) is 5.02 Å². The lowest BCUT2D eigenvalue weighted by Gasteiger charge is -2.09. The maximum Gasteiger partial charge on any atom is 0.435 e. The van der Waals surface area contributed by atoms with Crippen molar-refractivity contribution in [3.05, 3.63) is 68.7 Å². The Morgan fingerprint density at radius 2 is 2.03 bits per heavy atom. The van der Waals surface area contributed by atoms with Crippen LogP contribution >= 0.6 is 11.6 Å². The van der Waals surface area contributed by atoms with Crippen molar-refractivity contribution in [2.24, 2.45) is 0 Å². The molecule has 3 heterocycles. The van der Waals surface area contributed by atoms with Crippen molar-refractivity contribution in [3.63, 3.8) is 0 Å². The lowest BCUT2D eigenvalue weighted by molar-refractivity contribution is -0.141. The van der Waals surface area contributed by atoms with Gasteiger partial charge in [0.05, 0.1) is 27.6 Å². The number of nitrogens with one attached hydrogen (secondary N) is 1. The summed E-state index contributed by atoms with van der Waals surface area (Å²) in [5.41, 5.74) is -0.909. The number of aromatic amines is 1. The molecule has 11 heteroatoms. The smallest absolute Gasteiger partial charge is 0.305 e. The SMILES string of the molecule is Cc1cc(C#N)cc2c(=O)[nH]c(-c3cc(C(F)(F)F)nn3-c3ncccc3Cl)nc12. The Labute approximate surface area is 171 Å². The summed E-state index contributed by atoms with van der Waals surface area (Å²) in [6, 6.07) is 8.58. The minimum Gasteiger partial charge on any atom is -0.305 e. The summed E-state index contributed by atoms with van der Waals surface area (Å²) in [5, 5.41) is 12.9. The van der Waals surface area contributed by atoms with E-state index < -0.39 is 17.4 Å². The number of aryl methyl sites for hydroxylation is 1. The third-order valence-electron chi connectivity index (χ3n) is 4.31. The number of nitrogens with zero attached hydrogens (tertiary/aromatic N) is 5. The average Bonchev–Trinajstić information content (AvgIpc) is 3.14. The van der Waals surface area contributed by atoms with Crippen LogP contribution < -0.4 is 5.56 Å². The highest BCUT2D eigenvalue weighted by Gasteiger charge is 2.36. The summed E-state index contributed by atoms with van der Waals surface area (Å²) >= 11 is 6.10. The number of alkyl halides is 3. The van der Waals surface area contributed by atoms with Gasteiger partial charge in [0, 0.05) is 12.3 Å². The Bertz CT molecular complexity index is 1400. The van der Waals surface area contributed by atoms with E-state index in [9.17, 15) is 18.0 Å². The Kier molecular flexibility index (Phi) is 4.55. The Balaban J connectivity index is 2.03. The van der Waals surface area contributed by atoms with Crippen LogP contribution in [0.5, 0.6) is 0 Å². The number of fused-ring (bicyclic) bond motifs is 1. The second kappa shape index (κ2) is 6.96. The van der Waals surface area contributed by atoms with E-state index in [1.54, 1.807) is 6.92 Å². The van der Waals surface area contributed by atoms with Gasteiger partial charge in [0.2, 0.25) is 0 Å². The predicted octanol–water partition coefficient (Wildman–Crippen LogP) is 4.02. The molecule has 0 aliphatic rings. The molecule has 0 spiro atoms. The number of H-pyrrole nitrogens is 1. The summed E-state index contributed by atoms with van der Waals surface area (Å²) in [4.78, 5) is 23.4. The Hall–Kier alpha value is -3.71.